The molecule has 2 N–H and O–H groups in total. The second-order valence-electron chi connectivity index (χ2n) is 5.21. The lowest BCUT2D eigenvalue weighted by Crippen LogP contribution is -2.28. The Morgan fingerprint density at radius 1 is 1.09 bits per heavy atom. The van der Waals surface area contributed by atoms with Gasteiger partial charge in [-0.1, -0.05) is 32.6 Å². The molecule has 1 rings (SSSR count). The molecule has 0 saturated heterocycles. The summed E-state index contributed by atoms with van der Waals surface area (Å²) in [5.74, 6) is 1.22. The minimum atomic E-state index is -0.0832. The summed E-state index contributed by atoms with van der Waals surface area (Å²) in [6, 6.07) is 5.32. The minimum Gasteiger partial charge on any atom is -0.497 e. The van der Waals surface area contributed by atoms with Crippen LogP contribution in [-0.4, -0.2) is 33.2 Å². The molecule has 1 amide bonds. The van der Waals surface area contributed by atoms with E-state index in [2.05, 4.69) is 17.6 Å². The van der Waals surface area contributed by atoms with E-state index < -0.39 is 0 Å². The third kappa shape index (κ3) is 6.80. The molecule has 0 atom stereocenters. The first-order valence-corrected chi connectivity index (χ1v) is 7.93. The average molecular weight is 308 g/mol. The third-order valence-electron chi connectivity index (χ3n) is 3.42. The number of methoxy groups -OCH3 is 2. The number of anilines is 1. The first kappa shape index (κ1) is 18.3. The SMILES string of the molecule is CCCCCCCNCC(=O)Nc1cc(OC)ccc1OC. The summed E-state index contributed by atoms with van der Waals surface area (Å²) in [7, 11) is 3.17. The van der Waals surface area contributed by atoms with Crippen LogP contribution in [0, 0.1) is 0 Å². The third-order valence-corrected chi connectivity index (χ3v) is 3.42. The molecule has 0 aliphatic heterocycles. The number of rotatable bonds is 11. The summed E-state index contributed by atoms with van der Waals surface area (Å²) in [5.41, 5.74) is 0.622. The van der Waals surface area contributed by atoms with Gasteiger partial charge in [-0.3, -0.25) is 4.79 Å². The van der Waals surface area contributed by atoms with Crippen molar-refractivity contribution >= 4 is 11.6 Å². The van der Waals surface area contributed by atoms with E-state index in [1.165, 1.54) is 25.7 Å². The predicted octanol–water partition coefficient (Wildman–Crippen LogP) is 3.20. The molecule has 0 spiro atoms. The molecule has 124 valence electrons. The van der Waals surface area contributed by atoms with Gasteiger partial charge in [0.05, 0.1) is 26.5 Å². The molecule has 0 aliphatic rings. The number of ether oxygens (including phenoxy) is 2. The van der Waals surface area contributed by atoms with Crippen LogP contribution in [0.4, 0.5) is 5.69 Å². The van der Waals surface area contributed by atoms with Crippen LogP contribution >= 0.6 is 0 Å². The van der Waals surface area contributed by atoms with Crippen LogP contribution in [0.25, 0.3) is 0 Å². The molecular formula is C17H28N2O3. The summed E-state index contributed by atoms with van der Waals surface area (Å²) in [6.07, 6.45) is 6.13. The normalized spacial score (nSPS) is 10.3. The zero-order valence-electron chi connectivity index (χ0n) is 13.9. The molecule has 0 saturated carbocycles. The summed E-state index contributed by atoms with van der Waals surface area (Å²) >= 11 is 0. The highest BCUT2D eigenvalue weighted by molar-refractivity contribution is 5.93. The van der Waals surface area contributed by atoms with Crippen LogP contribution in [0.15, 0.2) is 18.2 Å². The van der Waals surface area contributed by atoms with Gasteiger partial charge in [-0.25, -0.2) is 0 Å². The quantitative estimate of drug-likeness (QED) is 0.616. The average Bonchev–Trinajstić information content (AvgIpc) is 2.54. The number of benzene rings is 1. The van der Waals surface area contributed by atoms with Crippen LogP contribution in [0.5, 0.6) is 11.5 Å². The van der Waals surface area contributed by atoms with Crippen molar-refractivity contribution in [1.82, 2.24) is 5.32 Å². The molecule has 1 aromatic carbocycles. The summed E-state index contributed by atoms with van der Waals surface area (Å²) < 4.78 is 10.4. The number of hydrogen-bond acceptors (Lipinski definition) is 4. The summed E-state index contributed by atoms with van der Waals surface area (Å²) in [6.45, 7) is 3.37. The molecule has 22 heavy (non-hydrogen) atoms. The first-order valence-electron chi connectivity index (χ1n) is 7.93. The minimum absolute atomic E-state index is 0.0832. The fraction of sp³-hybridized carbons (Fsp3) is 0.588. The lowest BCUT2D eigenvalue weighted by molar-refractivity contribution is -0.115. The van der Waals surface area contributed by atoms with Crippen LogP contribution < -0.4 is 20.1 Å². The topological polar surface area (TPSA) is 59.6 Å². The Hall–Kier alpha value is -1.75. The Bertz CT molecular complexity index is 450. The number of amides is 1. The van der Waals surface area contributed by atoms with Crippen molar-refractivity contribution in [2.75, 3.05) is 32.6 Å². The van der Waals surface area contributed by atoms with E-state index >= 15 is 0 Å². The van der Waals surface area contributed by atoms with E-state index in [9.17, 15) is 4.79 Å². The molecule has 0 heterocycles. The molecule has 0 aliphatic carbocycles. The molecule has 0 fully saturated rings. The van der Waals surface area contributed by atoms with Gasteiger partial charge in [0.1, 0.15) is 11.5 Å². The largest absolute Gasteiger partial charge is 0.497 e. The molecule has 5 nitrogen and oxygen atoms in total. The van der Waals surface area contributed by atoms with Gasteiger partial charge < -0.3 is 20.1 Å². The predicted molar refractivity (Wildman–Crippen MR) is 89.8 cm³/mol. The molecule has 0 aromatic heterocycles. The van der Waals surface area contributed by atoms with Crippen molar-refractivity contribution in [1.29, 1.82) is 0 Å². The Morgan fingerprint density at radius 2 is 1.86 bits per heavy atom. The van der Waals surface area contributed by atoms with E-state index in [-0.39, 0.29) is 5.91 Å². The molecule has 0 radical (unpaired) electrons. The number of carbonyl (C=O) groups is 1. The highest BCUT2D eigenvalue weighted by Gasteiger charge is 2.08. The Balaban J connectivity index is 2.32. The van der Waals surface area contributed by atoms with Crippen molar-refractivity contribution in [3.8, 4) is 11.5 Å². The van der Waals surface area contributed by atoms with E-state index in [1.807, 2.05) is 0 Å². The first-order chi connectivity index (χ1) is 10.7. The van der Waals surface area contributed by atoms with E-state index in [0.717, 1.165) is 13.0 Å². The molecule has 0 bridgehead atoms. The van der Waals surface area contributed by atoms with Crippen molar-refractivity contribution in [3.63, 3.8) is 0 Å². The van der Waals surface area contributed by atoms with Gasteiger partial charge in [0.25, 0.3) is 0 Å². The standard InChI is InChI=1S/C17H28N2O3/c1-4-5-6-7-8-11-18-13-17(20)19-15-12-14(21-2)9-10-16(15)22-3/h9-10,12,18H,4-8,11,13H2,1-3H3,(H,19,20). The van der Waals surface area contributed by atoms with Gasteiger partial charge in [-0.15, -0.1) is 0 Å². The fourth-order valence-corrected chi connectivity index (χ4v) is 2.16. The monoisotopic (exact) mass is 308 g/mol. The maximum Gasteiger partial charge on any atom is 0.238 e. The van der Waals surface area contributed by atoms with Crippen molar-refractivity contribution in [3.05, 3.63) is 18.2 Å². The van der Waals surface area contributed by atoms with Gasteiger partial charge >= 0.3 is 0 Å². The summed E-state index contributed by atoms with van der Waals surface area (Å²) in [5, 5.41) is 6.01. The molecule has 5 heteroatoms. The highest BCUT2D eigenvalue weighted by Crippen LogP contribution is 2.28. The number of nitrogens with one attached hydrogen (secondary N) is 2. The van der Waals surface area contributed by atoms with E-state index in [0.29, 0.717) is 23.7 Å². The zero-order chi connectivity index (χ0) is 16.2. The Labute approximate surface area is 133 Å². The van der Waals surface area contributed by atoms with E-state index in [1.54, 1.807) is 32.4 Å². The van der Waals surface area contributed by atoms with Gasteiger partial charge in [0, 0.05) is 6.07 Å². The highest BCUT2D eigenvalue weighted by atomic mass is 16.5. The lowest BCUT2D eigenvalue weighted by atomic mass is 10.1. The van der Waals surface area contributed by atoms with Crippen molar-refractivity contribution in [2.45, 2.75) is 39.0 Å². The van der Waals surface area contributed by atoms with Gasteiger partial charge in [0.15, 0.2) is 0 Å². The second-order valence-corrected chi connectivity index (χ2v) is 5.21. The van der Waals surface area contributed by atoms with Gasteiger partial charge in [0.2, 0.25) is 5.91 Å². The fourth-order valence-electron chi connectivity index (χ4n) is 2.16. The maximum absolute atomic E-state index is 11.9. The number of unbranched alkanes of at least 4 members (excludes halogenated alkanes) is 4. The lowest BCUT2D eigenvalue weighted by Gasteiger charge is -2.12. The number of hydrogen-bond donors (Lipinski definition) is 2. The van der Waals surface area contributed by atoms with Crippen LogP contribution in [-0.2, 0) is 4.79 Å². The zero-order valence-corrected chi connectivity index (χ0v) is 13.9. The second kappa shape index (κ2) is 10.9. The smallest absolute Gasteiger partial charge is 0.238 e. The summed E-state index contributed by atoms with van der Waals surface area (Å²) in [4.78, 5) is 11.9. The number of carbonyl (C=O) groups excluding carboxylic acids is 1. The molecular weight excluding hydrogens is 280 g/mol. The van der Waals surface area contributed by atoms with Crippen LogP contribution in [0.1, 0.15) is 39.0 Å². The maximum atomic E-state index is 11.9. The Kier molecular flexibility index (Phi) is 9.07. The van der Waals surface area contributed by atoms with Crippen molar-refractivity contribution < 1.29 is 14.3 Å². The van der Waals surface area contributed by atoms with Gasteiger partial charge in [-0.2, -0.15) is 0 Å². The molecule has 0 unspecified atom stereocenters. The van der Waals surface area contributed by atoms with Crippen LogP contribution in [0.3, 0.4) is 0 Å². The molecule has 1 aromatic rings. The van der Waals surface area contributed by atoms with E-state index in [4.69, 9.17) is 9.47 Å². The van der Waals surface area contributed by atoms with Crippen molar-refractivity contribution in [2.24, 2.45) is 0 Å². The Morgan fingerprint density at radius 3 is 2.55 bits per heavy atom. The van der Waals surface area contributed by atoms with Gasteiger partial charge in [-0.05, 0) is 25.1 Å². The van der Waals surface area contributed by atoms with Crippen LogP contribution in [0.2, 0.25) is 0 Å².